The summed E-state index contributed by atoms with van der Waals surface area (Å²) in [6.07, 6.45) is 1.42. The van der Waals surface area contributed by atoms with Gasteiger partial charge in [0.2, 0.25) is 0 Å². The number of aromatic nitrogens is 3. The van der Waals surface area contributed by atoms with Gasteiger partial charge >= 0.3 is 0 Å². The first-order valence-corrected chi connectivity index (χ1v) is 8.27. The topological polar surface area (TPSA) is 60.2 Å². The molecule has 7 heteroatoms. The molecular formula is C16H16N4O2S. The lowest BCUT2D eigenvalue weighted by Gasteiger charge is -2.32. The van der Waals surface area contributed by atoms with Gasteiger partial charge in [0.05, 0.1) is 18.0 Å². The van der Waals surface area contributed by atoms with Gasteiger partial charge in [0.25, 0.3) is 5.91 Å². The summed E-state index contributed by atoms with van der Waals surface area (Å²) in [4.78, 5) is 15.4. The minimum Gasteiger partial charge on any atom is -0.366 e. The molecule has 0 N–H and O–H groups in total. The summed E-state index contributed by atoms with van der Waals surface area (Å²) in [6.45, 7) is 1.61. The maximum absolute atomic E-state index is 12.8. The van der Waals surface area contributed by atoms with Crippen LogP contribution >= 0.6 is 11.3 Å². The summed E-state index contributed by atoms with van der Waals surface area (Å²) in [7, 11) is 1.88. The third-order valence-electron chi connectivity index (χ3n) is 4.02. The number of hydrogen-bond acceptors (Lipinski definition) is 5. The Labute approximate surface area is 137 Å². The van der Waals surface area contributed by atoms with Crippen molar-refractivity contribution in [3.63, 3.8) is 0 Å². The lowest BCUT2D eigenvalue weighted by atomic mass is 10.2. The first-order chi connectivity index (χ1) is 11.2. The van der Waals surface area contributed by atoms with Crippen LogP contribution in [0, 0.1) is 0 Å². The van der Waals surface area contributed by atoms with Gasteiger partial charge in [-0.15, -0.1) is 21.5 Å². The molecule has 1 amide bonds. The molecule has 3 heterocycles. The number of ether oxygens (including phenoxy) is 1. The molecule has 0 radical (unpaired) electrons. The number of fused-ring (bicyclic) bond motifs is 1. The van der Waals surface area contributed by atoms with E-state index in [1.807, 2.05) is 46.8 Å². The Balaban J connectivity index is 1.57. The molecule has 1 saturated heterocycles. The molecule has 2 aromatic heterocycles. The number of thiophene rings is 1. The van der Waals surface area contributed by atoms with Gasteiger partial charge in [-0.05, 0) is 17.5 Å². The molecule has 1 unspecified atom stereocenters. The summed E-state index contributed by atoms with van der Waals surface area (Å²) >= 11 is 1.54. The Morgan fingerprint density at radius 3 is 3.04 bits per heavy atom. The quantitative estimate of drug-likeness (QED) is 0.724. The highest BCUT2D eigenvalue weighted by molar-refractivity contribution is 7.20. The standard InChI is InChI=1S/C16H16N4O2S/c1-19-10-17-18-15(19)12-9-20(6-7-22-12)16(21)14-8-11-4-2-3-5-13(11)23-14/h2-5,8,10,12H,6-7,9H2,1H3. The van der Waals surface area contributed by atoms with Crippen molar-refractivity contribution in [2.75, 3.05) is 19.7 Å². The van der Waals surface area contributed by atoms with Crippen molar-refractivity contribution in [2.24, 2.45) is 7.05 Å². The minimum atomic E-state index is -0.227. The predicted molar refractivity (Wildman–Crippen MR) is 87.4 cm³/mol. The maximum Gasteiger partial charge on any atom is 0.264 e. The van der Waals surface area contributed by atoms with Crippen molar-refractivity contribution in [3.05, 3.63) is 47.4 Å². The normalized spacial score (nSPS) is 18.5. The third kappa shape index (κ3) is 2.62. The number of nitrogens with zero attached hydrogens (tertiary/aromatic N) is 4. The number of morpholine rings is 1. The SMILES string of the molecule is Cn1cnnc1C1CN(C(=O)c2cc3ccccc3s2)CCO1. The second-order valence-electron chi connectivity index (χ2n) is 5.56. The van der Waals surface area contributed by atoms with E-state index in [9.17, 15) is 4.79 Å². The lowest BCUT2D eigenvalue weighted by Crippen LogP contribution is -2.42. The van der Waals surface area contributed by atoms with E-state index in [0.29, 0.717) is 19.7 Å². The zero-order valence-electron chi connectivity index (χ0n) is 12.7. The number of amides is 1. The molecule has 6 nitrogen and oxygen atoms in total. The van der Waals surface area contributed by atoms with E-state index in [1.54, 1.807) is 6.33 Å². The van der Waals surface area contributed by atoms with Gasteiger partial charge in [-0.1, -0.05) is 18.2 Å². The van der Waals surface area contributed by atoms with Crippen molar-refractivity contribution in [2.45, 2.75) is 6.10 Å². The number of rotatable bonds is 2. The van der Waals surface area contributed by atoms with E-state index in [-0.39, 0.29) is 12.0 Å². The fraction of sp³-hybridized carbons (Fsp3) is 0.312. The number of benzene rings is 1. The minimum absolute atomic E-state index is 0.0571. The van der Waals surface area contributed by atoms with Crippen LogP contribution in [0.4, 0.5) is 0 Å². The predicted octanol–water partition coefficient (Wildman–Crippen LogP) is 2.24. The summed E-state index contributed by atoms with van der Waals surface area (Å²) in [6, 6.07) is 10.0. The lowest BCUT2D eigenvalue weighted by molar-refractivity contribution is -0.0279. The van der Waals surface area contributed by atoms with Crippen LogP contribution in [-0.2, 0) is 11.8 Å². The second-order valence-corrected chi connectivity index (χ2v) is 6.64. The molecule has 23 heavy (non-hydrogen) atoms. The summed E-state index contributed by atoms with van der Waals surface area (Å²) in [5.41, 5.74) is 0. The van der Waals surface area contributed by atoms with Crippen molar-refractivity contribution in [3.8, 4) is 0 Å². The van der Waals surface area contributed by atoms with Crippen LogP contribution in [0.1, 0.15) is 21.6 Å². The zero-order valence-corrected chi connectivity index (χ0v) is 13.5. The highest BCUT2D eigenvalue weighted by Gasteiger charge is 2.29. The Morgan fingerprint density at radius 2 is 2.26 bits per heavy atom. The van der Waals surface area contributed by atoms with Gasteiger partial charge in [-0.3, -0.25) is 4.79 Å². The molecule has 118 valence electrons. The van der Waals surface area contributed by atoms with Gasteiger partial charge < -0.3 is 14.2 Å². The largest absolute Gasteiger partial charge is 0.366 e. The van der Waals surface area contributed by atoms with Crippen LogP contribution in [0.25, 0.3) is 10.1 Å². The van der Waals surface area contributed by atoms with Gasteiger partial charge in [-0.25, -0.2) is 0 Å². The van der Waals surface area contributed by atoms with E-state index >= 15 is 0 Å². The van der Waals surface area contributed by atoms with Crippen LogP contribution in [0.15, 0.2) is 36.7 Å². The average molecular weight is 328 g/mol. The Morgan fingerprint density at radius 1 is 1.39 bits per heavy atom. The van der Waals surface area contributed by atoms with Gasteiger partial charge in [-0.2, -0.15) is 0 Å². The van der Waals surface area contributed by atoms with Gasteiger partial charge in [0, 0.05) is 18.3 Å². The zero-order chi connectivity index (χ0) is 15.8. The smallest absolute Gasteiger partial charge is 0.264 e. The fourth-order valence-corrected chi connectivity index (χ4v) is 3.85. The summed E-state index contributed by atoms with van der Waals surface area (Å²) in [5.74, 6) is 0.806. The molecule has 0 spiro atoms. The monoisotopic (exact) mass is 328 g/mol. The summed E-state index contributed by atoms with van der Waals surface area (Å²) < 4.78 is 8.73. The first-order valence-electron chi connectivity index (χ1n) is 7.46. The van der Waals surface area contributed by atoms with Crippen LogP contribution in [0.2, 0.25) is 0 Å². The Kier molecular flexibility index (Phi) is 3.59. The summed E-state index contributed by atoms with van der Waals surface area (Å²) in [5, 5.41) is 9.09. The first kappa shape index (κ1) is 14.3. The highest BCUT2D eigenvalue weighted by Crippen LogP contribution is 2.28. The van der Waals surface area contributed by atoms with Crippen molar-refractivity contribution in [1.29, 1.82) is 0 Å². The van der Waals surface area contributed by atoms with Crippen LogP contribution < -0.4 is 0 Å². The molecular weight excluding hydrogens is 312 g/mol. The van der Waals surface area contributed by atoms with Crippen molar-refractivity contribution in [1.82, 2.24) is 19.7 Å². The molecule has 0 saturated carbocycles. The van der Waals surface area contributed by atoms with E-state index in [4.69, 9.17) is 4.74 Å². The molecule has 3 aromatic rings. The van der Waals surface area contributed by atoms with Gasteiger partial charge in [0.15, 0.2) is 5.82 Å². The molecule has 1 aliphatic heterocycles. The fourth-order valence-electron chi connectivity index (χ4n) is 2.82. The van der Waals surface area contributed by atoms with Crippen molar-refractivity contribution < 1.29 is 9.53 Å². The van der Waals surface area contributed by atoms with Crippen molar-refractivity contribution >= 4 is 27.3 Å². The molecule has 4 rings (SSSR count). The van der Waals surface area contributed by atoms with E-state index in [2.05, 4.69) is 10.2 Å². The second kappa shape index (κ2) is 5.75. The van der Waals surface area contributed by atoms with E-state index in [0.717, 1.165) is 20.8 Å². The average Bonchev–Trinajstić information content (AvgIpc) is 3.20. The molecule has 1 atom stereocenters. The maximum atomic E-state index is 12.8. The highest BCUT2D eigenvalue weighted by atomic mass is 32.1. The van der Waals surface area contributed by atoms with Crippen LogP contribution in [-0.4, -0.2) is 45.3 Å². The van der Waals surface area contributed by atoms with Crippen LogP contribution in [0.3, 0.4) is 0 Å². The third-order valence-corrected chi connectivity index (χ3v) is 5.13. The molecule has 1 fully saturated rings. The molecule has 0 bridgehead atoms. The van der Waals surface area contributed by atoms with E-state index in [1.165, 1.54) is 11.3 Å². The molecule has 1 aromatic carbocycles. The van der Waals surface area contributed by atoms with E-state index < -0.39 is 0 Å². The Hall–Kier alpha value is -2.25. The van der Waals surface area contributed by atoms with Gasteiger partial charge in [0.1, 0.15) is 12.4 Å². The van der Waals surface area contributed by atoms with Crippen LogP contribution in [0.5, 0.6) is 0 Å². The number of hydrogen-bond donors (Lipinski definition) is 0. The molecule has 0 aliphatic carbocycles. The number of carbonyl (C=O) groups is 1. The molecule has 1 aliphatic rings. The number of carbonyl (C=O) groups excluding carboxylic acids is 1. The number of aryl methyl sites for hydroxylation is 1. The Bertz CT molecular complexity index is 824.